The smallest absolute Gasteiger partial charge is 0.341 e. The van der Waals surface area contributed by atoms with Crippen LogP contribution < -0.4 is 5.32 Å². The van der Waals surface area contributed by atoms with E-state index in [-0.39, 0.29) is 5.97 Å². The number of rotatable bonds is 5. The molecule has 5 heteroatoms. The third-order valence-electron chi connectivity index (χ3n) is 3.77. The Morgan fingerprint density at radius 1 is 1.38 bits per heavy atom. The van der Waals surface area contributed by atoms with Crippen molar-refractivity contribution in [2.45, 2.75) is 39.3 Å². The molecular weight excluding hydrogens is 286 g/mol. The minimum atomic E-state index is -0.350. The second kappa shape index (κ2) is 6.03. The Balaban J connectivity index is 1.56. The third kappa shape index (κ3) is 3.04. The van der Waals surface area contributed by atoms with E-state index in [2.05, 4.69) is 11.4 Å². The van der Waals surface area contributed by atoms with Crippen molar-refractivity contribution in [1.82, 2.24) is 5.32 Å². The fourth-order valence-electron chi connectivity index (χ4n) is 2.73. The van der Waals surface area contributed by atoms with E-state index in [4.69, 9.17) is 9.15 Å². The molecule has 2 aromatic heterocycles. The Morgan fingerprint density at radius 2 is 2.24 bits per heavy atom. The summed E-state index contributed by atoms with van der Waals surface area (Å²) < 4.78 is 10.3. The van der Waals surface area contributed by atoms with E-state index >= 15 is 0 Å². The van der Waals surface area contributed by atoms with Gasteiger partial charge >= 0.3 is 5.97 Å². The number of nitrogens with one attached hydrogen (secondary N) is 1. The summed E-state index contributed by atoms with van der Waals surface area (Å²) in [7, 11) is 1.38. The zero-order chi connectivity index (χ0) is 14.8. The molecule has 0 amide bonds. The van der Waals surface area contributed by atoms with Crippen LogP contribution in [0.25, 0.3) is 0 Å². The van der Waals surface area contributed by atoms with E-state index in [0.29, 0.717) is 17.9 Å². The highest BCUT2D eigenvalue weighted by Gasteiger charge is 2.16. The monoisotopic (exact) mass is 305 g/mol. The van der Waals surface area contributed by atoms with Crippen molar-refractivity contribution in [3.8, 4) is 0 Å². The van der Waals surface area contributed by atoms with Gasteiger partial charge in [-0.25, -0.2) is 4.79 Å². The number of hydrogen-bond acceptors (Lipinski definition) is 5. The number of esters is 1. The first-order valence-corrected chi connectivity index (χ1v) is 7.98. The van der Waals surface area contributed by atoms with Crippen LogP contribution in [0.15, 0.2) is 16.5 Å². The molecule has 0 saturated heterocycles. The SMILES string of the molecule is COC(=O)c1cc(CNCc2cc3c(s2)CCC3)oc1C. The average Bonchev–Trinajstić information content (AvgIpc) is 3.12. The molecule has 3 rings (SSSR count). The molecule has 2 heterocycles. The van der Waals surface area contributed by atoms with Crippen LogP contribution in [0.2, 0.25) is 0 Å². The maximum absolute atomic E-state index is 11.5. The Morgan fingerprint density at radius 3 is 3.00 bits per heavy atom. The molecule has 21 heavy (non-hydrogen) atoms. The summed E-state index contributed by atoms with van der Waals surface area (Å²) in [6.07, 6.45) is 3.77. The fraction of sp³-hybridized carbons (Fsp3) is 0.438. The number of furan rings is 1. The van der Waals surface area contributed by atoms with Gasteiger partial charge in [0.05, 0.1) is 13.7 Å². The average molecular weight is 305 g/mol. The number of fused-ring (bicyclic) bond motifs is 1. The second-order valence-corrected chi connectivity index (χ2v) is 6.51. The Labute approximate surface area is 128 Å². The lowest BCUT2D eigenvalue weighted by molar-refractivity contribution is 0.0599. The first kappa shape index (κ1) is 14.4. The van der Waals surface area contributed by atoms with Gasteiger partial charge in [0.25, 0.3) is 0 Å². The molecule has 1 aliphatic rings. The maximum atomic E-state index is 11.5. The van der Waals surface area contributed by atoms with E-state index in [0.717, 1.165) is 12.3 Å². The van der Waals surface area contributed by atoms with Crippen molar-refractivity contribution in [2.75, 3.05) is 7.11 Å². The van der Waals surface area contributed by atoms with Crippen molar-refractivity contribution in [3.63, 3.8) is 0 Å². The van der Waals surface area contributed by atoms with Gasteiger partial charge in [-0.2, -0.15) is 0 Å². The van der Waals surface area contributed by atoms with Crippen LogP contribution in [0.3, 0.4) is 0 Å². The van der Waals surface area contributed by atoms with E-state index in [1.807, 2.05) is 11.3 Å². The predicted octanol–water partition coefficient (Wildman–Crippen LogP) is 3.21. The Hall–Kier alpha value is -1.59. The van der Waals surface area contributed by atoms with Crippen molar-refractivity contribution in [3.05, 3.63) is 44.5 Å². The largest absolute Gasteiger partial charge is 0.465 e. The summed E-state index contributed by atoms with van der Waals surface area (Å²) in [6.45, 7) is 3.23. The number of thiophene rings is 1. The number of ether oxygens (including phenoxy) is 1. The van der Waals surface area contributed by atoms with E-state index in [1.54, 1.807) is 17.9 Å². The molecule has 1 aliphatic carbocycles. The summed E-state index contributed by atoms with van der Waals surface area (Å²) in [5, 5.41) is 3.37. The Kier molecular flexibility index (Phi) is 4.12. The molecule has 0 radical (unpaired) electrons. The lowest BCUT2D eigenvalue weighted by Gasteiger charge is -2.00. The molecular formula is C16H19NO3S. The minimum Gasteiger partial charge on any atom is -0.465 e. The molecule has 2 aromatic rings. The van der Waals surface area contributed by atoms with Gasteiger partial charge in [0, 0.05) is 16.3 Å². The molecule has 0 aromatic carbocycles. The standard InChI is InChI=1S/C16H19NO3S/c1-10-14(16(18)19-2)7-12(20-10)8-17-9-13-6-11-4-3-5-15(11)21-13/h6-7,17H,3-5,8-9H2,1-2H3. The highest BCUT2D eigenvalue weighted by molar-refractivity contribution is 7.12. The van der Waals surface area contributed by atoms with Crippen LogP contribution in [0.5, 0.6) is 0 Å². The number of hydrogen-bond donors (Lipinski definition) is 1. The first-order chi connectivity index (χ1) is 10.2. The van der Waals surface area contributed by atoms with Crippen LogP contribution in [-0.4, -0.2) is 13.1 Å². The normalized spacial score (nSPS) is 13.4. The Bertz CT molecular complexity index is 635. The summed E-state index contributed by atoms with van der Waals surface area (Å²) in [6, 6.07) is 4.07. The molecule has 0 fully saturated rings. The van der Waals surface area contributed by atoms with Gasteiger partial charge in [0.15, 0.2) is 0 Å². The highest BCUT2D eigenvalue weighted by atomic mass is 32.1. The van der Waals surface area contributed by atoms with Crippen LogP contribution in [-0.2, 0) is 30.7 Å². The van der Waals surface area contributed by atoms with Crippen LogP contribution >= 0.6 is 11.3 Å². The number of carbonyl (C=O) groups is 1. The van der Waals surface area contributed by atoms with Gasteiger partial charge in [-0.3, -0.25) is 0 Å². The molecule has 0 bridgehead atoms. The highest BCUT2D eigenvalue weighted by Crippen LogP contribution is 2.30. The molecule has 1 N–H and O–H groups in total. The van der Waals surface area contributed by atoms with E-state index in [1.165, 1.54) is 36.8 Å². The number of carbonyl (C=O) groups excluding carboxylic acids is 1. The van der Waals surface area contributed by atoms with Gasteiger partial charge in [-0.1, -0.05) is 0 Å². The molecule has 0 aliphatic heterocycles. The maximum Gasteiger partial charge on any atom is 0.341 e. The van der Waals surface area contributed by atoms with Gasteiger partial charge in [0.2, 0.25) is 0 Å². The van der Waals surface area contributed by atoms with Gasteiger partial charge in [-0.05, 0) is 43.9 Å². The second-order valence-electron chi connectivity index (χ2n) is 5.29. The lowest BCUT2D eigenvalue weighted by atomic mass is 10.2. The first-order valence-electron chi connectivity index (χ1n) is 7.16. The van der Waals surface area contributed by atoms with Crippen LogP contribution in [0.1, 0.15) is 43.6 Å². The zero-order valence-corrected chi connectivity index (χ0v) is 13.1. The molecule has 0 saturated carbocycles. The molecule has 0 spiro atoms. The molecule has 0 unspecified atom stereocenters. The van der Waals surface area contributed by atoms with Crippen molar-refractivity contribution >= 4 is 17.3 Å². The lowest BCUT2D eigenvalue weighted by Crippen LogP contribution is -2.11. The molecule has 0 atom stereocenters. The molecule has 4 nitrogen and oxygen atoms in total. The quantitative estimate of drug-likeness (QED) is 0.862. The summed E-state index contributed by atoms with van der Waals surface area (Å²) >= 11 is 1.91. The van der Waals surface area contributed by atoms with Crippen molar-refractivity contribution in [1.29, 1.82) is 0 Å². The van der Waals surface area contributed by atoms with Gasteiger partial charge in [-0.15, -0.1) is 11.3 Å². The summed E-state index contributed by atoms with van der Waals surface area (Å²) in [5.41, 5.74) is 2.03. The third-order valence-corrected chi connectivity index (χ3v) is 5.01. The molecule has 112 valence electrons. The summed E-state index contributed by atoms with van der Waals surface area (Å²) in [4.78, 5) is 14.4. The van der Waals surface area contributed by atoms with Crippen LogP contribution in [0.4, 0.5) is 0 Å². The predicted molar refractivity (Wildman–Crippen MR) is 81.7 cm³/mol. The van der Waals surface area contributed by atoms with Crippen molar-refractivity contribution in [2.24, 2.45) is 0 Å². The van der Waals surface area contributed by atoms with E-state index in [9.17, 15) is 4.79 Å². The zero-order valence-electron chi connectivity index (χ0n) is 12.3. The van der Waals surface area contributed by atoms with Gasteiger partial charge in [0.1, 0.15) is 17.1 Å². The number of aryl methyl sites for hydroxylation is 3. The topological polar surface area (TPSA) is 51.5 Å². The van der Waals surface area contributed by atoms with Crippen LogP contribution in [0, 0.1) is 6.92 Å². The van der Waals surface area contributed by atoms with E-state index < -0.39 is 0 Å². The number of methoxy groups -OCH3 is 1. The van der Waals surface area contributed by atoms with Gasteiger partial charge < -0.3 is 14.5 Å². The summed E-state index contributed by atoms with van der Waals surface area (Å²) in [5.74, 6) is 1.02. The fourth-order valence-corrected chi connectivity index (χ4v) is 3.96. The van der Waals surface area contributed by atoms with Crippen molar-refractivity contribution < 1.29 is 13.9 Å². The minimum absolute atomic E-state index is 0.350.